The van der Waals surface area contributed by atoms with E-state index in [1.807, 2.05) is 68.4 Å². The second kappa shape index (κ2) is 12.4. The van der Waals surface area contributed by atoms with Crippen LogP contribution in [-0.2, 0) is 19.2 Å². The molecule has 0 saturated carbocycles. The molecule has 2 saturated heterocycles. The third-order valence-corrected chi connectivity index (χ3v) is 7.85. The van der Waals surface area contributed by atoms with Gasteiger partial charge in [0.15, 0.2) is 0 Å². The van der Waals surface area contributed by atoms with E-state index in [1.54, 1.807) is 9.80 Å². The van der Waals surface area contributed by atoms with E-state index in [4.69, 9.17) is 0 Å². The van der Waals surface area contributed by atoms with Gasteiger partial charge in [-0.2, -0.15) is 5.10 Å². The quantitative estimate of drug-likeness (QED) is 0.378. The number of amides is 4. The summed E-state index contributed by atoms with van der Waals surface area (Å²) in [6.45, 7) is 4.88. The molecule has 2 aliphatic rings. The van der Waals surface area contributed by atoms with Crippen molar-refractivity contribution in [3.63, 3.8) is 0 Å². The van der Waals surface area contributed by atoms with Gasteiger partial charge in [-0.1, -0.05) is 38.1 Å². The van der Waals surface area contributed by atoms with Crippen molar-refractivity contribution in [2.75, 3.05) is 23.7 Å². The van der Waals surface area contributed by atoms with Crippen molar-refractivity contribution in [2.45, 2.75) is 64.5 Å². The number of carbonyl (C=O) groups is 4. The molecule has 5 rings (SSSR count). The molecule has 214 valence electrons. The van der Waals surface area contributed by atoms with Crippen molar-refractivity contribution in [3.8, 4) is 22.5 Å². The summed E-state index contributed by atoms with van der Waals surface area (Å²) >= 11 is 0. The molecular weight excluding hydrogens is 520 g/mol. The van der Waals surface area contributed by atoms with Crippen LogP contribution in [0.5, 0.6) is 0 Å². The second-order valence-electron chi connectivity index (χ2n) is 10.5. The molecule has 4 amide bonds. The number of benzene rings is 2. The highest BCUT2D eigenvalue weighted by Crippen LogP contribution is 2.27. The van der Waals surface area contributed by atoms with E-state index in [2.05, 4.69) is 20.8 Å². The number of hydrogen-bond donors (Lipinski definition) is 3. The maximum absolute atomic E-state index is 12.8. The number of aromatic nitrogens is 2. The van der Waals surface area contributed by atoms with Crippen LogP contribution in [-0.4, -0.2) is 68.8 Å². The number of aromatic amines is 1. The van der Waals surface area contributed by atoms with Gasteiger partial charge in [-0.15, -0.1) is 0 Å². The lowest BCUT2D eigenvalue weighted by Crippen LogP contribution is -2.42. The van der Waals surface area contributed by atoms with Gasteiger partial charge in [0.2, 0.25) is 23.6 Å². The molecule has 2 unspecified atom stereocenters. The number of nitrogens with zero attached hydrogens (tertiary/aromatic N) is 3. The number of hydrogen-bond acceptors (Lipinski definition) is 5. The van der Waals surface area contributed by atoms with Crippen LogP contribution in [0.25, 0.3) is 22.5 Å². The Morgan fingerprint density at radius 3 is 1.68 bits per heavy atom. The van der Waals surface area contributed by atoms with Crippen molar-refractivity contribution in [1.82, 2.24) is 20.0 Å². The number of H-pyrrole nitrogens is 1. The average molecular weight is 557 g/mol. The predicted octanol–water partition coefficient (Wildman–Crippen LogP) is 4.42. The molecule has 3 heterocycles. The molecule has 0 radical (unpaired) electrons. The Morgan fingerprint density at radius 1 is 0.756 bits per heavy atom. The van der Waals surface area contributed by atoms with Gasteiger partial charge in [0.1, 0.15) is 12.1 Å². The highest BCUT2D eigenvalue weighted by atomic mass is 16.2. The first-order valence-electron chi connectivity index (χ1n) is 14.3. The molecule has 2 fully saturated rings. The largest absolute Gasteiger partial charge is 0.331 e. The van der Waals surface area contributed by atoms with Gasteiger partial charge >= 0.3 is 0 Å². The summed E-state index contributed by atoms with van der Waals surface area (Å²) in [7, 11) is 0. The molecular formula is C31H36N6O4. The fourth-order valence-electron chi connectivity index (χ4n) is 5.61. The van der Waals surface area contributed by atoms with E-state index in [0.29, 0.717) is 50.1 Å². The van der Waals surface area contributed by atoms with Crippen LogP contribution in [0.1, 0.15) is 52.4 Å². The van der Waals surface area contributed by atoms with Gasteiger partial charge in [-0.25, -0.2) is 0 Å². The van der Waals surface area contributed by atoms with Crippen LogP contribution in [0.15, 0.2) is 54.6 Å². The monoisotopic (exact) mass is 556 g/mol. The normalized spacial score (nSPS) is 18.4. The third kappa shape index (κ3) is 6.16. The predicted molar refractivity (Wildman–Crippen MR) is 157 cm³/mol. The molecule has 1 aromatic heterocycles. The summed E-state index contributed by atoms with van der Waals surface area (Å²) in [5.41, 5.74) is 4.73. The molecule has 3 N–H and O–H groups in total. The first kappa shape index (κ1) is 28.1. The molecule has 0 spiro atoms. The zero-order valence-electron chi connectivity index (χ0n) is 23.5. The minimum atomic E-state index is -0.418. The third-order valence-electron chi connectivity index (χ3n) is 7.85. The summed E-state index contributed by atoms with van der Waals surface area (Å²) in [6.07, 6.45) is 3.82. The molecule has 41 heavy (non-hydrogen) atoms. The minimum absolute atomic E-state index is 0.00670. The Hall–Kier alpha value is -4.47. The molecule has 0 aliphatic carbocycles. The fourth-order valence-corrected chi connectivity index (χ4v) is 5.61. The summed E-state index contributed by atoms with van der Waals surface area (Å²) in [5, 5.41) is 13.4. The van der Waals surface area contributed by atoms with Gasteiger partial charge in [-0.3, -0.25) is 24.3 Å². The summed E-state index contributed by atoms with van der Waals surface area (Å²) in [4.78, 5) is 53.2. The van der Waals surface area contributed by atoms with E-state index < -0.39 is 12.1 Å². The molecule has 2 aromatic carbocycles. The van der Waals surface area contributed by atoms with E-state index in [-0.39, 0.29) is 23.6 Å². The lowest BCUT2D eigenvalue weighted by molar-refractivity contribution is -0.136. The topological polar surface area (TPSA) is 127 Å². The summed E-state index contributed by atoms with van der Waals surface area (Å²) in [6, 6.07) is 16.1. The minimum Gasteiger partial charge on any atom is -0.331 e. The van der Waals surface area contributed by atoms with Gasteiger partial charge < -0.3 is 20.4 Å². The maximum atomic E-state index is 12.8. The Bertz CT molecular complexity index is 1310. The number of rotatable bonds is 8. The van der Waals surface area contributed by atoms with Gasteiger partial charge in [0.05, 0.1) is 11.4 Å². The second-order valence-corrected chi connectivity index (χ2v) is 10.5. The number of carbonyl (C=O) groups excluding carboxylic acids is 4. The Labute approximate surface area is 239 Å². The van der Waals surface area contributed by atoms with Crippen LogP contribution in [0.3, 0.4) is 0 Å². The Morgan fingerprint density at radius 2 is 1.22 bits per heavy atom. The van der Waals surface area contributed by atoms with Crippen molar-refractivity contribution in [2.24, 2.45) is 0 Å². The number of likely N-dealkylation sites (tertiary alicyclic amines) is 2. The summed E-state index contributed by atoms with van der Waals surface area (Å²) < 4.78 is 0. The van der Waals surface area contributed by atoms with Crippen LogP contribution in [0.4, 0.5) is 11.4 Å². The average Bonchev–Trinajstić information content (AvgIpc) is 3.78. The molecule has 2 atom stereocenters. The first-order valence-corrected chi connectivity index (χ1v) is 14.3. The van der Waals surface area contributed by atoms with Crippen LogP contribution >= 0.6 is 0 Å². The maximum Gasteiger partial charge on any atom is 0.247 e. The molecule has 2 aliphatic heterocycles. The standard InChI is InChI=1S/C31H36N6O4/c1-3-28(38)36-17-5-7-26(36)30(40)32-22-13-9-20(10-14-22)24-19-25(35-34-24)21-11-15-23(16-12-21)33-31(41)27-8-6-18-37(27)29(39)4-2/h9-16,19,26-27H,3-8,17-18H2,1-2H3,(H,32,40)(H,33,41)(H,34,35). The van der Waals surface area contributed by atoms with Crippen molar-refractivity contribution in [3.05, 3.63) is 54.6 Å². The molecule has 10 heteroatoms. The first-order chi connectivity index (χ1) is 19.9. The van der Waals surface area contributed by atoms with Crippen LogP contribution in [0, 0.1) is 0 Å². The van der Waals surface area contributed by atoms with Crippen LogP contribution < -0.4 is 10.6 Å². The number of nitrogens with one attached hydrogen (secondary N) is 3. The van der Waals surface area contributed by atoms with Crippen molar-refractivity contribution in [1.29, 1.82) is 0 Å². The molecule has 10 nitrogen and oxygen atoms in total. The van der Waals surface area contributed by atoms with E-state index >= 15 is 0 Å². The fraction of sp³-hybridized carbons (Fsp3) is 0.387. The van der Waals surface area contributed by atoms with E-state index in [1.165, 1.54) is 0 Å². The zero-order chi connectivity index (χ0) is 28.9. The lowest BCUT2D eigenvalue weighted by Gasteiger charge is -2.23. The smallest absolute Gasteiger partial charge is 0.247 e. The zero-order valence-corrected chi connectivity index (χ0v) is 23.5. The Balaban J connectivity index is 1.19. The van der Waals surface area contributed by atoms with Crippen molar-refractivity contribution < 1.29 is 19.2 Å². The van der Waals surface area contributed by atoms with Gasteiger partial charge in [0, 0.05) is 42.9 Å². The van der Waals surface area contributed by atoms with E-state index in [0.717, 1.165) is 35.4 Å². The van der Waals surface area contributed by atoms with Gasteiger partial charge in [-0.05, 0) is 61.6 Å². The van der Waals surface area contributed by atoms with Gasteiger partial charge in [0.25, 0.3) is 0 Å². The van der Waals surface area contributed by atoms with Crippen molar-refractivity contribution >= 4 is 35.0 Å². The number of anilines is 2. The Kier molecular flexibility index (Phi) is 8.47. The highest BCUT2D eigenvalue weighted by molar-refractivity contribution is 5.98. The SMILES string of the molecule is CCC(=O)N1CCCC1C(=O)Nc1ccc(-c2cc(-c3ccc(NC(=O)C4CCCN4C(=O)CC)cc3)[nH]n2)cc1. The van der Waals surface area contributed by atoms with E-state index in [9.17, 15) is 19.2 Å². The summed E-state index contributed by atoms with van der Waals surface area (Å²) in [5.74, 6) is -0.301. The lowest BCUT2D eigenvalue weighted by atomic mass is 10.1. The highest BCUT2D eigenvalue weighted by Gasteiger charge is 2.34. The van der Waals surface area contributed by atoms with Crippen LogP contribution in [0.2, 0.25) is 0 Å². The molecule has 3 aromatic rings. The molecule has 0 bridgehead atoms.